The Balaban J connectivity index is 1.44. The molecule has 1 aromatic rings. The molecule has 0 aromatic heterocycles. The zero-order chi connectivity index (χ0) is 14.3. The van der Waals surface area contributed by atoms with Crippen LogP contribution >= 0.6 is 11.8 Å². The van der Waals surface area contributed by atoms with Gasteiger partial charge in [-0.3, -0.25) is 0 Å². The molecule has 4 aliphatic carbocycles. The van der Waals surface area contributed by atoms with Crippen molar-refractivity contribution in [2.24, 2.45) is 29.1 Å². The first-order chi connectivity index (χ1) is 10.2. The van der Waals surface area contributed by atoms with Crippen LogP contribution in [0.25, 0.3) is 0 Å². The fraction of sp³-hybridized carbons (Fsp3) is 0.600. The van der Waals surface area contributed by atoms with Crippen LogP contribution in [0.15, 0.2) is 46.7 Å². The first-order valence-corrected chi connectivity index (χ1v) is 9.50. The summed E-state index contributed by atoms with van der Waals surface area (Å²) in [6.45, 7) is 2.48. The summed E-state index contributed by atoms with van der Waals surface area (Å²) in [6, 6.07) is 10.7. The van der Waals surface area contributed by atoms with Gasteiger partial charge in [-0.2, -0.15) is 0 Å². The molecule has 5 rings (SSSR count). The topological polar surface area (TPSA) is 0 Å². The van der Waals surface area contributed by atoms with Crippen LogP contribution < -0.4 is 0 Å². The molecule has 4 aliphatic rings. The second-order valence-corrected chi connectivity index (χ2v) is 8.81. The quantitative estimate of drug-likeness (QED) is 0.601. The monoisotopic (exact) mass is 298 g/mol. The van der Waals surface area contributed by atoms with Crippen LogP contribution in [0.3, 0.4) is 0 Å². The number of hydrogen-bond donors (Lipinski definition) is 0. The van der Waals surface area contributed by atoms with Gasteiger partial charge in [0.15, 0.2) is 0 Å². The molecule has 1 atom stereocenters. The predicted octanol–water partition coefficient (Wildman–Crippen LogP) is 6.14. The van der Waals surface area contributed by atoms with Crippen LogP contribution in [0.4, 0.5) is 0 Å². The van der Waals surface area contributed by atoms with E-state index >= 15 is 0 Å². The highest BCUT2D eigenvalue weighted by Crippen LogP contribution is 2.62. The summed E-state index contributed by atoms with van der Waals surface area (Å²) in [5, 5.41) is 2.35. The molecule has 21 heavy (non-hydrogen) atoms. The summed E-state index contributed by atoms with van der Waals surface area (Å²) >= 11 is 1.87. The highest BCUT2D eigenvalue weighted by atomic mass is 32.2. The largest absolute Gasteiger partial charge is 0.0984 e. The molecule has 4 fully saturated rings. The molecule has 0 amide bonds. The minimum absolute atomic E-state index is 0.655. The van der Waals surface area contributed by atoms with Crippen molar-refractivity contribution in [3.63, 3.8) is 0 Å². The normalized spacial score (nSPS) is 39.0. The maximum absolute atomic E-state index is 2.50. The third-order valence-electron chi connectivity index (χ3n) is 6.37. The fourth-order valence-corrected chi connectivity index (χ4v) is 6.46. The van der Waals surface area contributed by atoms with Gasteiger partial charge in [-0.05, 0) is 85.2 Å². The van der Waals surface area contributed by atoms with Gasteiger partial charge in [0.05, 0.1) is 0 Å². The molecule has 0 saturated heterocycles. The molecular formula is C20H26S. The summed E-state index contributed by atoms with van der Waals surface area (Å²) in [5.41, 5.74) is 0.655. The number of thioether (sulfide) groups is 1. The van der Waals surface area contributed by atoms with E-state index in [0.717, 1.165) is 23.7 Å². The SMILES string of the molecule is CC(/C=C/Sc1ccccc1)C12CC3CC(CC(C3)C1)C2. The number of hydrogen-bond acceptors (Lipinski definition) is 1. The lowest BCUT2D eigenvalue weighted by molar-refractivity contribution is -0.0726. The van der Waals surface area contributed by atoms with Gasteiger partial charge in [0.25, 0.3) is 0 Å². The molecule has 4 saturated carbocycles. The van der Waals surface area contributed by atoms with E-state index < -0.39 is 0 Å². The maximum Gasteiger partial charge on any atom is 0.0116 e. The smallest absolute Gasteiger partial charge is 0.0116 e. The lowest BCUT2D eigenvalue weighted by atomic mass is 9.47. The summed E-state index contributed by atoms with van der Waals surface area (Å²) in [7, 11) is 0. The minimum atomic E-state index is 0.655. The molecule has 4 bridgehead atoms. The Morgan fingerprint density at radius 2 is 1.57 bits per heavy atom. The van der Waals surface area contributed by atoms with Crippen molar-refractivity contribution < 1.29 is 0 Å². The van der Waals surface area contributed by atoms with Crippen LogP contribution in [0.1, 0.15) is 45.4 Å². The Morgan fingerprint density at radius 1 is 1.00 bits per heavy atom. The average Bonchev–Trinajstić information content (AvgIpc) is 2.47. The van der Waals surface area contributed by atoms with Crippen molar-refractivity contribution in [2.45, 2.75) is 50.3 Å². The third kappa shape index (κ3) is 2.70. The Bertz CT molecular complexity index is 481. The summed E-state index contributed by atoms with van der Waals surface area (Å²) < 4.78 is 0. The summed E-state index contributed by atoms with van der Waals surface area (Å²) in [5.74, 6) is 3.94. The number of rotatable bonds is 4. The lowest BCUT2D eigenvalue weighted by Gasteiger charge is -2.58. The van der Waals surface area contributed by atoms with E-state index in [4.69, 9.17) is 0 Å². The summed E-state index contributed by atoms with van der Waals surface area (Å²) in [6.07, 6.45) is 11.7. The van der Waals surface area contributed by atoms with Gasteiger partial charge in [-0.1, -0.05) is 43.0 Å². The standard InChI is InChI=1S/C20H26S/c1-15(7-8-21-19-5-3-2-4-6-19)20-12-16-9-17(13-20)11-18(10-16)14-20/h2-8,15-18H,9-14H2,1H3/b8-7+. The van der Waals surface area contributed by atoms with Crippen molar-refractivity contribution in [3.05, 3.63) is 41.8 Å². The van der Waals surface area contributed by atoms with E-state index in [2.05, 4.69) is 48.7 Å². The van der Waals surface area contributed by atoms with Gasteiger partial charge in [-0.25, -0.2) is 0 Å². The Morgan fingerprint density at radius 3 is 2.14 bits per heavy atom. The van der Waals surface area contributed by atoms with E-state index in [1.165, 1.54) is 24.2 Å². The van der Waals surface area contributed by atoms with Gasteiger partial charge < -0.3 is 0 Å². The minimum Gasteiger partial charge on any atom is -0.0984 e. The van der Waals surface area contributed by atoms with Crippen LogP contribution in [-0.2, 0) is 0 Å². The van der Waals surface area contributed by atoms with Crippen molar-refractivity contribution in [1.82, 2.24) is 0 Å². The molecule has 1 unspecified atom stereocenters. The molecule has 0 aliphatic heterocycles. The predicted molar refractivity (Wildman–Crippen MR) is 91.2 cm³/mol. The molecule has 0 nitrogen and oxygen atoms in total. The molecule has 0 spiro atoms. The first kappa shape index (κ1) is 13.9. The first-order valence-electron chi connectivity index (χ1n) is 8.62. The van der Waals surface area contributed by atoms with E-state index in [9.17, 15) is 0 Å². The van der Waals surface area contributed by atoms with Crippen LogP contribution in [0, 0.1) is 29.1 Å². The van der Waals surface area contributed by atoms with Crippen molar-refractivity contribution >= 4 is 11.8 Å². The molecule has 1 heteroatoms. The van der Waals surface area contributed by atoms with Crippen LogP contribution in [0.5, 0.6) is 0 Å². The molecule has 112 valence electrons. The summed E-state index contributed by atoms with van der Waals surface area (Å²) in [4.78, 5) is 1.35. The Hall–Kier alpha value is -0.690. The van der Waals surface area contributed by atoms with Gasteiger partial charge in [0.2, 0.25) is 0 Å². The Labute approximate surface area is 133 Å². The molecule has 0 N–H and O–H groups in total. The van der Waals surface area contributed by atoms with Gasteiger partial charge in [0.1, 0.15) is 0 Å². The second-order valence-electron chi connectivity index (χ2n) is 7.83. The highest BCUT2D eigenvalue weighted by Gasteiger charge is 2.52. The third-order valence-corrected chi connectivity index (χ3v) is 7.20. The van der Waals surface area contributed by atoms with Crippen LogP contribution in [0.2, 0.25) is 0 Å². The van der Waals surface area contributed by atoms with Crippen LogP contribution in [-0.4, -0.2) is 0 Å². The zero-order valence-corrected chi connectivity index (χ0v) is 13.8. The van der Waals surface area contributed by atoms with E-state index in [1.807, 2.05) is 11.8 Å². The van der Waals surface area contributed by atoms with Crippen molar-refractivity contribution in [3.8, 4) is 0 Å². The maximum atomic E-state index is 2.50. The average molecular weight is 298 g/mol. The Kier molecular flexibility index (Phi) is 3.65. The zero-order valence-electron chi connectivity index (χ0n) is 13.0. The molecule has 0 heterocycles. The van der Waals surface area contributed by atoms with E-state index in [-0.39, 0.29) is 0 Å². The second kappa shape index (κ2) is 5.50. The van der Waals surface area contributed by atoms with Crippen molar-refractivity contribution in [1.29, 1.82) is 0 Å². The van der Waals surface area contributed by atoms with E-state index in [0.29, 0.717) is 5.41 Å². The molecular weight excluding hydrogens is 272 g/mol. The number of allylic oxidation sites excluding steroid dienone is 1. The molecule has 0 radical (unpaired) electrons. The lowest BCUT2D eigenvalue weighted by Crippen LogP contribution is -2.48. The van der Waals surface area contributed by atoms with E-state index in [1.54, 1.807) is 19.3 Å². The fourth-order valence-electron chi connectivity index (χ4n) is 5.67. The van der Waals surface area contributed by atoms with Gasteiger partial charge in [-0.15, -0.1) is 0 Å². The molecule has 1 aromatic carbocycles. The van der Waals surface area contributed by atoms with Gasteiger partial charge in [0, 0.05) is 4.90 Å². The van der Waals surface area contributed by atoms with Gasteiger partial charge >= 0.3 is 0 Å². The number of benzene rings is 1. The highest BCUT2D eigenvalue weighted by molar-refractivity contribution is 8.02. The van der Waals surface area contributed by atoms with Crippen molar-refractivity contribution in [2.75, 3.05) is 0 Å².